The van der Waals surface area contributed by atoms with Crippen LogP contribution in [0.4, 0.5) is 5.82 Å². The molecule has 112 valence electrons. The molecule has 5 nitrogen and oxygen atoms in total. The summed E-state index contributed by atoms with van der Waals surface area (Å²) in [5.41, 5.74) is 0. The zero-order valence-electron chi connectivity index (χ0n) is 12.0. The topological polar surface area (TPSA) is 61.3 Å². The van der Waals surface area contributed by atoms with Gasteiger partial charge in [0.15, 0.2) is 5.96 Å². The van der Waals surface area contributed by atoms with Crippen LogP contribution in [0.2, 0.25) is 10.0 Å². The maximum atomic E-state index is 6.02. The summed E-state index contributed by atoms with van der Waals surface area (Å²) in [6.45, 7) is 5.62. The zero-order valence-corrected chi connectivity index (χ0v) is 13.5. The lowest BCUT2D eigenvalue weighted by molar-refractivity contribution is 0.625. The van der Waals surface area contributed by atoms with E-state index >= 15 is 0 Å². The molecule has 0 bridgehead atoms. The minimum absolute atomic E-state index is 0.390. The Morgan fingerprint density at radius 3 is 2.75 bits per heavy atom. The van der Waals surface area contributed by atoms with Crippen LogP contribution >= 0.6 is 23.2 Å². The van der Waals surface area contributed by atoms with Gasteiger partial charge < -0.3 is 16.0 Å². The summed E-state index contributed by atoms with van der Waals surface area (Å²) in [5.74, 6) is 1.42. The summed E-state index contributed by atoms with van der Waals surface area (Å²) in [7, 11) is 1.75. The van der Waals surface area contributed by atoms with E-state index in [1.807, 2.05) is 0 Å². The van der Waals surface area contributed by atoms with E-state index in [0.29, 0.717) is 35.0 Å². The van der Waals surface area contributed by atoms with Crippen molar-refractivity contribution >= 4 is 35.0 Å². The summed E-state index contributed by atoms with van der Waals surface area (Å²) in [4.78, 5) is 8.28. The van der Waals surface area contributed by atoms with E-state index in [9.17, 15) is 0 Å². The van der Waals surface area contributed by atoms with Crippen LogP contribution in [0, 0.1) is 0 Å². The number of rotatable bonds is 6. The zero-order chi connectivity index (χ0) is 15.0. The monoisotopic (exact) mass is 317 g/mol. The highest BCUT2D eigenvalue weighted by molar-refractivity contribution is 6.35. The fourth-order valence-electron chi connectivity index (χ4n) is 1.44. The second kappa shape index (κ2) is 8.87. The Balaban J connectivity index is 2.33. The summed E-state index contributed by atoms with van der Waals surface area (Å²) in [6, 6.07) is 2.05. The normalized spacial score (nSPS) is 12.9. The predicted octanol–water partition coefficient (Wildman–Crippen LogP) is 2.76. The van der Waals surface area contributed by atoms with Gasteiger partial charge >= 0.3 is 0 Å². The average molecular weight is 318 g/mol. The molecule has 0 radical (unpaired) electrons. The molecule has 1 rings (SSSR count). The van der Waals surface area contributed by atoms with Gasteiger partial charge in [-0.25, -0.2) is 4.98 Å². The summed E-state index contributed by atoms with van der Waals surface area (Å²) >= 11 is 11.8. The first kappa shape index (κ1) is 16.9. The minimum atomic E-state index is 0.390. The van der Waals surface area contributed by atoms with E-state index in [0.717, 1.165) is 12.4 Å². The molecule has 0 amide bonds. The van der Waals surface area contributed by atoms with Gasteiger partial charge in [-0.05, 0) is 19.4 Å². The molecule has 0 aliphatic heterocycles. The fraction of sp³-hybridized carbons (Fsp3) is 0.538. The van der Waals surface area contributed by atoms with Gasteiger partial charge in [0.1, 0.15) is 5.82 Å². The lowest BCUT2D eigenvalue weighted by Crippen LogP contribution is -2.43. The highest BCUT2D eigenvalue weighted by Gasteiger charge is 2.03. The second-order valence-corrected chi connectivity index (χ2v) is 5.21. The lowest BCUT2D eigenvalue weighted by atomic mass is 10.3. The van der Waals surface area contributed by atoms with E-state index in [1.165, 1.54) is 0 Å². The van der Waals surface area contributed by atoms with Gasteiger partial charge in [0.05, 0.1) is 10.0 Å². The van der Waals surface area contributed by atoms with Crippen molar-refractivity contribution in [3.63, 3.8) is 0 Å². The van der Waals surface area contributed by atoms with Crippen molar-refractivity contribution in [1.82, 2.24) is 15.6 Å². The Hall–Kier alpha value is -1.20. The molecule has 1 heterocycles. The molecule has 1 unspecified atom stereocenters. The van der Waals surface area contributed by atoms with Gasteiger partial charge in [0.2, 0.25) is 0 Å². The quantitative estimate of drug-likeness (QED) is 0.429. The Bertz CT molecular complexity index is 450. The van der Waals surface area contributed by atoms with Crippen molar-refractivity contribution in [1.29, 1.82) is 0 Å². The smallest absolute Gasteiger partial charge is 0.191 e. The second-order valence-electron chi connectivity index (χ2n) is 4.36. The van der Waals surface area contributed by atoms with Crippen LogP contribution in [-0.2, 0) is 0 Å². The van der Waals surface area contributed by atoms with Gasteiger partial charge in [-0.15, -0.1) is 0 Å². The molecule has 7 heteroatoms. The summed E-state index contributed by atoms with van der Waals surface area (Å²) in [5, 5.41) is 10.7. The molecule has 0 saturated heterocycles. The van der Waals surface area contributed by atoms with Crippen molar-refractivity contribution in [2.24, 2.45) is 4.99 Å². The van der Waals surface area contributed by atoms with Crippen molar-refractivity contribution in [2.45, 2.75) is 26.3 Å². The third-order valence-corrected chi connectivity index (χ3v) is 3.23. The van der Waals surface area contributed by atoms with Crippen LogP contribution in [0.5, 0.6) is 0 Å². The number of nitrogens with one attached hydrogen (secondary N) is 3. The number of aromatic nitrogens is 1. The number of hydrogen-bond acceptors (Lipinski definition) is 3. The molecule has 0 aliphatic rings. The molecule has 0 spiro atoms. The Kier molecular flexibility index (Phi) is 7.47. The van der Waals surface area contributed by atoms with Crippen molar-refractivity contribution in [3.05, 3.63) is 22.3 Å². The van der Waals surface area contributed by atoms with Crippen LogP contribution in [0.15, 0.2) is 17.3 Å². The van der Waals surface area contributed by atoms with Crippen LogP contribution in [0.3, 0.4) is 0 Å². The highest BCUT2D eigenvalue weighted by atomic mass is 35.5. The van der Waals surface area contributed by atoms with E-state index in [1.54, 1.807) is 19.3 Å². The van der Waals surface area contributed by atoms with Gasteiger partial charge in [-0.3, -0.25) is 4.99 Å². The van der Waals surface area contributed by atoms with Crippen molar-refractivity contribution < 1.29 is 0 Å². The van der Waals surface area contributed by atoms with Gasteiger partial charge in [0.25, 0.3) is 0 Å². The van der Waals surface area contributed by atoms with E-state index in [-0.39, 0.29) is 0 Å². The number of anilines is 1. The molecular formula is C13H21Cl2N5. The van der Waals surface area contributed by atoms with E-state index in [2.05, 4.69) is 39.8 Å². The van der Waals surface area contributed by atoms with Gasteiger partial charge in [-0.1, -0.05) is 30.1 Å². The van der Waals surface area contributed by atoms with Crippen LogP contribution in [0.1, 0.15) is 20.3 Å². The number of aliphatic imine (C=N–C) groups is 1. The van der Waals surface area contributed by atoms with E-state index in [4.69, 9.17) is 23.2 Å². The molecule has 1 atom stereocenters. The standard InChI is InChI=1S/C13H21Cl2N5/c1-4-9(2)20-13(16-3)18-6-5-17-12-11(15)7-10(14)8-19-12/h7-9H,4-6H2,1-3H3,(H,17,19)(H2,16,18,20). The molecule has 0 aliphatic carbocycles. The highest BCUT2D eigenvalue weighted by Crippen LogP contribution is 2.21. The first-order chi connectivity index (χ1) is 9.56. The minimum Gasteiger partial charge on any atom is -0.367 e. The SMILES string of the molecule is CCC(C)NC(=NC)NCCNc1ncc(Cl)cc1Cl. The number of pyridine rings is 1. The number of halogens is 2. The predicted molar refractivity (Wildman–Crippen MR) is 87.0 cm³/mol. The summed E-state index contributed by atoms with van der Waals surface area (Å²) < 4.78 is 0. The third-order valence-electron chi connectivity index (χ3n) is 2.74. The van der Waals surface area contributed by atoms with Gasteiger partial charge in [0, 0.05) is 32.4 Å². The molecule has 1 aromatic rings. The first-order valence-corrected chi connectivity index (χ1v) is 7.34. The number of guanidine groups is 1. The average Bonchev–Trinajstić information content (AvgIpc) is 2.43. The van der Waals surface area contributed by atoms with Crippen LogP contribution in [-0.4, -0.2) is 37.1 Å². The van der Waals surface area contributed by atoms with Crippen LogP contribution < -0.4 is 16.0 Å². The summed E-state index contributed by atoms with van der Waals surface area (Å²) in [6.07, 6.45) is 2.61. The maximum absolute atomic E-state index is 6.02. The maximum Gasteiger partial charge on any atom is 0.191 e. The molecule has 0 aromatic carbocycles. The number of hydrogen-bond donors (Lipinski definition) is 3. The molecule has 0 fully saturated rings. The van der Waals surface area contributed by atoms with Crippen molar-refractivity contribution in [3.8, 4) is 0 Å². The van der Waals surface area contributed by atoms with E-state index < -0.39 is 0 Å². The fourth-order valence-corrected chi connectivity index (χ4v) is 1.88. The largest absolute Gasteiger partial charge is 0.367 e. The molecular weight excluding hydrogens is 297 g/mol. The number of nitrogens with zero attached hydrogens (tertiary/aromatic N) is 2. The molecule has 20 heavy (non-hydrogen) atoms. The van der Waals surface area contributed by atoms with Gasteiger partial charge in [-0.2, -0.15) is 0 Å². The first-order valence-electron chi connectivity index (χ1n) is 6.59. The molecule has 0 saturated carbocycles. The third kappa shape index (κ3) is 5.84. The Morgan fingerprint density at radius 2 is 2.15 bits per heavy atom. The molecule has 3 N–H and O–H groups in total. The lowest BCUT2D eigenvalue weighted by Gasteiger charge is -2.16. The Morgan fingerprint density at radius 1 is 1.40 bits per heavy atom. The Labute approximate surface area is 130 Å². The van der Waals surface area contributed by atoms with Crippen LogP contribution in [0.25, 0.3) is 0 Å². The molecule has 1 aromatic heterocycles. The van der Waals surface area contributed by atoms with Crippen molar-refractivity contribution in [2.75, 3.05) is 25.5 Å².